The summed E-state index contributed by atoms with van der Waals surface area (Å²) in [6.07, 6.45) is 0. The van der Waals surface area contributed by atoms with Crippen molar-refractivity contribution in [1.29, 1.82) is 0 Å². The van der Waals surface area contributed by atoms with Crippen LogP contribution in [0.1, 0.15) is 5.56 Å². The Hall–Kier alpha value is -7.16. The number of aromatic nitrogens is 1. The van der Waals surface area contributed by atoms with E-state index in [1.807, 2.05) is 0 Å². The molecule has 0 saturated heterocycles. The van der Waals surface area contributed by atoms with Crippen LogP contribution in [-0.2, 0) is 6.54 Å². The van der Waals surface area contributed by atoms with E-state index in [0.29, 0.717) is 6.54 Å². The highest BCUT2D eigenvalue weighted by Gasteiger charge is 2.18. The summed E-state index contributed by atoms with van der Waals surface area (Å²) >= 11 is 0. The molecule has 10 aromatic carbocycles. The van der Waals surface area contributed by atoms with Crippen LogP contribution in [0.5, 0.6) is 0 Å². The smallest absolute Gasteiger partial charge is 0.0541 e. The molecule has 0 aliphatic carbocycles. The molecule has 0 N–H and O–H groups in total. The molecular formula is C53H36N2. The molecule has 11 rings (SSSR count). The second-order valence-corrected chi connectivity index (χ2v) is 14.6. The van der Waals surface area contributed by atoms with Gasteiger partial charge in [0.1, 0.15) is 0 Å². The molecule has 0 fully saturated rings. The van der Waals surface area contributed by atoms with Crippen molar-refractivity contribution < 1.29 is 0 Å². The molecule has 1 heterocycles. The van der Waals surface area contributed by atoms with Gasteiger partial charge in [0, 0.05) is 39.8 Å². The predicted molar refractivity (Wildman–Crippen MR) is 235 cm³/mol. The number of para-hydroxylation sites is 2. The quantitative estimate of drug-likeness (QED) is 0.157. The van der Waals surface area contributed by atoms with E-state index in [4.69, 9.17) is 0 Å². The fraction of sp³-hybridized carbons (Fsp3) is 0.0189. The lowest BCUT2D eigenvalue weighted by molar-refractivity contribution is 0.981. The molecule has 0 aliphatic rings. The fourth-order valence-corrected chi connectivity index (χ4v) is 8.78. The van der Waals surface area contributed by atoms with Crippen molar-refractivity contribution in [3.05, 3.63) is 212 Å². The fourth-order valence-electron chi connectivity index (χ4n) is 8.78. The molecule has 55 heavy (non-hydrogen) atoms. The van der Waals surface area contributed by atoms with Crippen molar-refractivity contribution in [2.75, 3.05) is 4.90 Å². The van der Waals surface area contributed by atoms with Crippen LogP contribution in [-0.4, -0.2) is 4.57 Å². The molecule has 1 aromatic heterocycles. The number of hydrogen-bond acceptors (Lipinski definition) is 1. The van der Waals surface area contributed by atoms with Gasteiger partial charge in [0.2, 0.25) is 0 Å². The Morgan fingerprint density at radius 1 is 0.345 bits per heavy atom. The van der Waals surface area contributed by atoms with Crippen LogP contribution >= 0.6 is 0 Å². The van der Waals surface area contributed by atoms with E-state index in [-0.39, 0.29) is 0 Å². The van der Waals surface area contributed by atoms with Gasteiger partial charge in [-0.15, -0.1) is 0 Å². The standard InChI is InChI=1S/C53H36N2/c1-3-16-44-37(13-1)24-25-41-33-39(26-31-46(41)44)38-15-11-12-36(32-38)35-54(53-34-40-14-2-4-17-45(40)47-18-5-6-19-48(47)53)42-27-29-43(30-28-42)55-51-22-9-7-20-49(51)50-21-8-10-23-52(50)55/h1-34H,35H2. The van der Waals surface area contributed by atoms with Crippen molar-refractivity contribution in [1.82, 2.24) is 4.57 Å². The van der Waals surface area contributed by atoms with Crippen LogP contribution in [0, 0.1) is 0 Å². The Kier molecular flexibility index (Phi) is 7.28. The van der Waals surface area contributed by atoms with E-state index in [1.165, 1.54) is 87.3 Å². The summed E-state index contributed by atoms with van der Waals surface area (Å²) in [6, 6.07) is 75.6. The van der Waals surface area contributed by atoms with Crippen LogP contribution < -0.4 is 4.90 Å². The number of nitrogens with zero attached hydrogens (tertiary/aromatic N) is 2. The lowest BCUT2D eigenvalue weighted by Crippen LogP contribution is -2.17. The summed E-state index contributed by atoms with van der Waals surface area (Å²) in [6.45, 7) is 0.711. The average molecular weight is 701 g/mol. The Morgan fingerprint density at radius 3 is 1.64 bits per heavy atom. The van der Waals surface area contributed by atoms with E-state index in [1.54, 1.807) is 0 Å². The van der Waals surface area contributed by atoms with Gasteiger partial charge in [-0.25, -0.2) is 0 Å². The molecule has 0 saturated carbocycles. The minimum Gasteiger partial charge on any atom is -0.336 e. The average Bonchev–Trinajstić information content (AvgIpc) is 3.60. The zero-order valence-corrected chi connectivity index (χ0v) is 30.2. The molecule has 2 nitrogen and oxygen atoms in total. The Morgan fingerprint density at radius 2 is 0.891 bits per heavy atom. The summed E-state index contributed by atoms with van der Waals surface area (Å²) in [5, 5.41) is 12.7. The van der Waals surface area contributed by atoms with Gasteiger partial charge >= 0.3 is 0 Å². The molecule has 0 unspecified atom stereocenters. The highest BCUT2D eigenvalue weighted by atomic mass is 15.1. The number of benzene rings is 10. The Bertz CT molecular complexity index is 3190. The van der Waals surface area contributed by atoms with Crippen molar-refractivity contribution >= 4 is 76.3 Å². The van der Waals surface area contributed by atoms with Crippen LogP contribution in [0.3, 0.4) is 0 Å². The minimum absolute atomic E-state index is 0.711. The summed E-state index contributed by atoms with van der Waals surface area (Å²) in [7, 11) is 0. The molecule has 0 aliphatic heterocycles. The molecule has 0 amide bonds. The number of hydrogen-bond donors (Lipinski definition) is 0. The second kappa shape index (κ2) is 12.8. The summed E-state index contributed by atoms with van der Waals surface area (Å²) in [5.41, 5.74) is 9.62. The van der Waals surface area contributed by atoms with Gasteiger partial charge in [0.15, 0.2) is 0 Å². The van der Waals surface area contributed by atoms with Gasteiger partial charge in [-0.2, -0.15) is 0 Å². The van der Waals surface area contributed by atoms with Gasteiger partial charge in [0.05, 0.1) is 11.0 Å². The largest absolute Gasteiger partial charge is 0.336 e. The van der Waals surface area contributed by atoms with Crippen LogP contribution in [0.15, 0.2) is 206 Å². The number of fused-ring (bicyclic) bond motifs is 9. The molecular weight excluding hydrogens is 665 g/mol. The van der Waals surface area contributed by atoms with Crippen molar-refractivity contribution in [3.8, 4) is 16.8 Å². The van der Waals surface area contributed by atoms with E-state index in [9.17, 15) is 0 Å². The van der Waals surface area contributed by atoms with E-state index in [2.05, 4.69) is 216 Å². The molecule has 0 atom stereocenters. The number of rotatable bonds is 6. The summed E-state index contributed by atoms with van der Waals surface area (Å²) in [5.74, 6) is 0. The molecule has 0 bridgehead atoms. The second-order valence-electron chi connectivity index (χ2n) is 14.6. The lowest BCUT2D eigenvalue weighted by atomic mass is 9.96. The van der Waals surface area contributed by atoms with Gasteiger partial charge in [-0.1, -0.05) is 152 Å². The maximum atomic E-state index is 2.50. The van der Waals surface area contributed by atoms with Crippen LogP contribution in [0.25, 0.3) is 81.7 Å². The van der Waals surface area contributed by atoms with E-state index < -0.39 is 0 Å². The zero-order valence-electron chi connectivity index (χ0n) is 30.2. The zero-order chi connectivity index (χ0) is 36.3. The first-order valence-corrected chi connectivity index (χ1v) is 19.0. The Balaban J connectivity index is 1.04. The first-order valence-electron chi connectivity index (χ1n) is 19.0. The molecule has 2 heteroatoms. The predicted octanol–water partition coefficient (Wildman–Crippen LogP) is 14.4. The molecule has 258 valence electrons. The van der Waals surface area contributed by atoms with Gasteiger partial charge in [-0.05, 0) is 109 Å². The maximum Gasteiger partial charge on any atom is 0.0541 e. The normalized spacial score (nSPS) is 11.7. The summed E-state index contributed by atoms with van der Waals surface area (Å²) in [4.78, 5) is 2.50. The molecule has 0 spiro atoms. The van der Waals surface area contributed by atoms with Gasteiger partial charge in [-0.3, -0.25) is 0 Å². The maximum absolute atomic E-state index is 2.50. The van der Waals surface area contributed by atoms with E-state index >= 15 is 0 Å². The topological polar surface area (TPSA) is 8.17 Å². The molecule has 0 radical (unpaired) electrons. The monoisotopic (exact) mass is 700 g/mol. The summed E-state index contributed by atoms with van der Waals surface area (Å²) < 4.78 is 2.39. The highest BCUT2D eigenvalue weighted by Crippen LogP contribution is 2.40. The van der Waals surface area contributed by atoms with Gasteiger partial charge < -0.3 is 9.47 Å². The third-order valence-electron chi connectivity index (χ3n) is 11.4. The van der Waals surface area contributed by atoms with Crippen molar-refractivity contribution in [3.63, 3.8) is 0 Å². The third kappa shape index (κ3) is 5.26. The first-order chi connectivity index (χ1) is 27.3. The van der Waals surface area contributed by atoms with Crippen molar-refractivity contribution in [2.24, 2.45) is 0 Å². The minimum atomic E-state index is 0.711. The van der Waals surface area contributed by atoms with Gasteiger partial charge in [0.25, 0.3) is 0 Å². The third-order valence-corrected chi connectivity index (χ3v) is 11.4. The molecule has 11 aromatic rings. The first kappa shape index (κ1) is 31.4. The lowest BCUT2D eigenvalue weighted by Gasteiger charge is -2.28. The van der Waals surface area contributed by atoms with Crippen LogP contribution in [0.2, 0.25) is 0 Å². The van der Waals surface area contributed by atoms with E-state index in [0.717, 1.165) is 11.4 Å². The highest BCUT2D eigenvalue weighted by molar-refractivity contribution is 6.14. The van der Waals surface area contributed by atoms with Crippen molar-refractivity contribution in [2.45, 2.75) is 6.54 Å². The number of anilines is 2. The Labute approximate surface area is 319 Å². The van der Waals surface area contributed by atoms with Crippen LogP contribution in [0.4, 0.5) is 11.4 Å². The SMILES string of the molecule is c1cc(CN(c2ccc(-n3c4ccccc4c4ccccc43)cc2)c2cc3ccccc3c3ccccc23)cc(-c2ccc3c(ccc4ccccc43)c2)c1.